The van der Waals surface area contributed by atoms with E-state index in [2.05, 4.69) is 5.16 Å². The van der Waals surface area contributed by atoms with Gasteiger partial charge in [-0.2, -0.15) is 0 Å². The average Bonchev–Trinajstić information content (AvgIpc) is 3.81. The minimum atomic E-state index is -0.921. The zero-order valence-corrected chi connectivity index (χ0v) is 21.9. The van der Waals surface area contributed by atoms with E-state index in [-0.39, 0.29) is 12.2 Å². The second-order valence-corrected chi connectivity index (χ2v) is 10.8. The molecule has 1 unspecified atom stereocenters. The van der Waals surface area contributed by atoms with Crippen LogP contribution in [-0.4, -0.2) is 16.2 Å². The van der Waals surface area contributed by atoms with Gasteiger partial charge < -0.3 is 14.4 Å². The molecule has 1 N–H and O–H groups in total. The van der Waals surface area contributed by atoms with E-state index in [1.165, 1.54) is 0 Å². The highest BCUT2D eigenvalue weighted by Crippen LogP contribution is 2.56. The number of benzene rings is 3. The summed E-state index contributed by atoms with van der Waals surface area (Å²) < 4.78 is 11.9. The molecule has 0 radical (unpaired) electrons. The summed E-state index contributed by atoms with van der Waals surface area (Å²) in [4.78, 5) is 11.1. The highest BCUT2D eigenvalue weighted by molar-refractivity contribution is 6.39. The molecule has 1 heterocycles. The molecule has 0 aliphatic heterocycles. The molecule has 0 bridgehead atoms. The molecule has 3 aromatic carbocycles. The van der Waals surface area contributed by atoms with Gasteiger partial charge in [0.25, 0.3) is 0 Å². The van der Waals surface area contributed by atoms with Crippen molar-refractivity contribution in [1.82, 2.24) is 5.16 Å². The fraction of sp³-hybridized carbons (Fsp3) is 0.241. The summed E-state index contributed by atoms with van der Waals surface area (Å²) in [7, 11) is 0. The zero-order chi connectivity index (χ0) is 25.7. The SMILES string of the molecule is O=C(O)c1ccc([C@H]2CC2c2ccc(OCc3c(-c4c(Cl)cccc4Cl)noc3C3CC3)cc2Cl)cc1. The van der Waals surface area contributed by atoms with Crippen LogP contribution in [0.5, 0.6) is 5.75 Å². The lowest BCUT2D eigenvalue weighted by Gasteiger charge is -2.11. The van der Waals surface area contributed by atoms with Crippen molar-refractivity contribution >= 4 is 40.8 Å². The molecule has 0 spiro atoms. The largest absolute Gasteiger partial charge is 0.489 e. The number of carboxylic acids is 1. The van der Waals surface area contributed by atoms with Crippen LogP contribution in [-0.2, 0) is 6.61 Å². The Morgan fingerprint density at radius 1 is 0.973 bits per heavy atom. The number of carboxylic acid groups (broad SMARTS) is 1. The monoisotopic (exact) mass is 553 g/mol. The van der Waals surface area contributed by atoms with Crippen molar-refractivity contribution in [2.24, 2.45) is 0 Å². The number of hydrogen-bond donors (Lipinski definition) is 1. The van der Waals surface area contributed by atoms with Crippen LogP contribution < -0.4 is 4.74 Å². The molecular weight excluding hydrogens is 533 g/mol. The molecular formula is C29H22Cl3NO4. The number of nitrogens with zero attached hydrogens (tertiary/aromatic N) is 1. The first-order chi connectivity index (χ1) is 17.9. The molecule has 8 heteroatoms. The number of aromatic carboxylic acids is 1. The van der Waals surface area contributed by atoms with Crippen LogP contribution in [0.15, 0.2) is 65.2 Å². The third-order valence-corrected chi connectivity index (χ3v) is 8.05. The van der Waals surface area contributed by atoms with E-state index in [0.717, 1.165) is 41.7 Å². The lowest BCUT2D eigenvalue weighted by molar-refractivity contribution is 0.0697. The van der Waals surface area contributed by atoms with Crippen LogP contribution in [0.2, 0.25) is 15.1 Å². The number of aromatic nitrogens is 1. The van der Waals surface area contributed by atoms with Crippen LogP contribution in [0.25, 0.3) is 11.3 Å². The Labute approximate surface area is 228 Å². The molecule has 2 fully saturated rings. The van der Waals surface area contributed by atoms with Gasteiger partial charge in [-0.3, -0.25) is 0 Å². The number of ether oxygens (including phenoxy) is 1. The van der Waals surface area contributed by atoms with Crippen molar-refractivity contribution in [2.45, 2.75) is 43.6 Å². The third kappa shape index (κ3) is 4.84. The van der Waals surface area contributed by atoms with Gasteiger partial charge in [-0.25, -0.2) is 4.79 Å². The maximum atomic E-state index is 11.1. The lowest BCUT2D eigenvalue weighted by Crippen LogP contribution is -2.00. The molecule has 2 aliphatic rings. The van der Waals surface area contributed by atoms with Crippen molar-refractivity contribution < 1.29 is 19.2 Å². The van der Waals surface area contributed by atoms with Crippen molar-refractivity contribution in [3.8, 4) is 17.0 Å². The van der Waals surface area contributed by atoms with E-state index in [4.69, 9.17) is 49.2 Å². The predicted molar refractivity (Wildman–Crippen MR) is 143 cm³/mol. The van der Waals surface area contributed by atoms with Gasteiger partial charge in [0.1, 0.15) is 23.8 Å². The first-order valence-electron chi connectivity index (χ1n) is 12.1. The topological polar surface area (TPSA) is 72.6 Å². The summed E-state index contributed by atoms with van der Waals surface area (Å²) >= 11 is 19.6. The fourth-order valence-electron chi connectivity index (χ4n) is 4.88. The molecule has 1 aromatic heterocycles. The van der Waals surface area contributed by atoms with Crippen molar-refractivity contribution in [3.05, 3.63) is 104 Å². The standard InChI is InChI=1S/C29H22Cl3NO4/c30-23-2-1-3-24(31)26(23)27-22(28(37-33-27)16-6-7-16)14-36-18-10-11-19(25(32)12-18)21-13-20(21)15-4-8-17(9-5-15)29(34)35/h1-5,8-12,16,20-21H,6-7,13-14H2,(H,34,35)/t20-,21?/m1/s1. The number of halogens is 3. The summed E-state index contributed by atoms with van der Waals surface area (Å²) in [5.74, 6) is 1.51. The quantitative estimate of drug-likeness (QED) is 0.236. The minimum Gasteiger partial charge on any atom is -0.489 e. The molecule has 0 saturated heterocycles. The van der Waals surface area contributed by atoms with Gasteiger partial charge in [0.05, 0.1) is 21.2 Å². The Hall–Kier alpha value is -2.99. The summed E-state index contributed by atoms with van der Waals surface area (Å²) in [5, 5.41) is 15.1. The maximum Gasteiger partial charge on any atom is 0.335 e. The summed E-state index contributed by atoms with van der Waals surface area (Å²) in [5.41, 5.74) is 4.58. The Balaban J connectivity index is 1.19. The van der Waals surface area contributed by atoms with Crippen LogP contribution in [0, 0.1) is 0 Å². The van der Waals surface area contributed by atoms with Gasteiger partial charge in [0.15, 0.2) is 0 Å². The van der Waals surface area contributed by atoms with Gasteiger partial charge in [0.2, 0.25) is 0 Å². The molecule has 37 heavy (non-hydrogen) atoms. The molecule has 0 amide bonds. The molecule has 188 valence electrons. The number of rotatable bonds is 8. The van der Waals surface area contributed by atoms with Gasteiger partial charge in [-0.1, -0.05) is 64.2 Å². The van der Waals surface area contributed by atoms with Crippen LogP contribution >= 0.6 is 34.8 Å². The van der Waals surface area contributed by atoms with Gasteiger partial charge >= 0.3 is 5.97 Å². The Bertz CT molecular complexity index is 1470. The molecule has 2 atom stereocenters. The van der Waals surface area contributed by atoms with Crippen molar-refractivity contribution in [1.29, 1.82) is 0 Å². The van der Waals surface area contributed by atoms with Gasteiger partial charge in [-0.05, 0) is 78.6 Å². The Morgan fingerprint density at radius 2 is 1.70 bits per heavy atom. The van der Waals surface area contributed by atoms with Gasteiger partial charge in [0, 0.05) is 16.5 Å². The highest BCUT2D eigenvalue weighted by Gasteiger charge is 2.40. The molecule has 4 aromatic rings. The molecule has 6 rings (SSSR count). The minimum absolute atomic E-state index is 0.254. The smallest absolute Gasteiger partial charge is 0.335 e. The van der Waals surface area contributed by atoms with Crippen molar-refractivity contribution in [3.63, 3.8) is 0 Å². The van der Waals surface area contributed by atoms with E-state index in [0.29, 0.717) is 49.8 Å². The molecule has 5 nitrogen and oxygen atoms in total. The number of hydrogen-bond acceptors (Lipinski definition) is 4. The second-order valence-electron chi connectivity index (χ2n) is 9.59. The summed E-state index contributed by atoms with van der Waals surface area (Å²) in [6.07, 6.45) is 3.08. The average molecular weight is 555 g/mol. The van der Waals surface area contributed by atoms with Crippen LogP contribution in [0.3, 0.4) is 0 Å². The normalized spacial score (nSPS) is 18.6. The summed E-state index contributed by atoms with van der Waals surface area (Å²) in [6.45, 7) is 0.254. The maximum absolute atomic E-state index is 11.1. The molecule has 2 saturated carbocycles. The number of carbonyl (C=O) groups is 1. The molecule has 2 aliphatic carbocycles. The predicted octanol–water partition coefficient (Wildman–Crippen LogP) is 8.73. The van der Waals surface area contributed by atoms with Crippen molar-refractivity contribution in [2.75, 3.05) is 0 Å². The van der Waals surface area contributed by atoms with E-state index < -0.39 is 5.97 Å². The fourth-order valence-corrected chi connectivity index (χ4v) is 5.77. The van der Waals surface area contributed by atoms with E-state index in [1.54, 1.807) is 30.3 Å². The van der Waals surface area contributed by atoms with E-state index in [9.17, 15) is 4.79 Å². The van der Waals surface area contributed by atoms with Crippen LogP contribution in [0.1, 0.15) is 69.8 Å². The lowest BCUT2D eigenvalue weighted by atomic mass is 10.0. The Kier molecular flexibility index (Phi) is 6.39. The van der Waals surface area contributed by atoms with E-state index in [1.807, 2.05) is 30.3 Å². The Morgan fingerprint density at radius 3 is 2.35 bits per heavy atom. The van der Waals surface area contributed by atoms with Crippen LogP contribution in [0.4, 0.5) is 0 Å². The first-order valence-corrected chi connectivity index (χ1v) is 13.2. The third-order valence-electron chi connectivity index (χ3n) is 7.10. The second kappa shape index (κ2) is 9.71. The zero-order valence-electron chi connectivity index (χ0n) is 19.6. The summed E-state index contributed by atoms with van der Waals surface area (Å²) in [6, 6.07) is 18.2. The first kappa shape index (κ1) is 24.4. The van der Waals surface area contributed by atoms with Gasteiger partial charge in [-0.15, -0.1) is 0 Å². The highest BCUT2D eigenvalue weighted by atomic mass is 35.5. The van der Waals surface area contributed by atoms with E-state index >= 15 is 0 Å².